The molecule has 2 saturated carbocycles. The van der Waals surface area contributed by atoms with Crippen molar-refractivity contribution in [3.05, 3.63) is 0 Å². The first-order valence-electron chi connectivity index (χ1n) is 7.54. The molecule has 0 amide bonds. The van der Waals surface area contributed by atoms with E-state index in [1.54, 1.807) is 0 Å². The van der Waals surface area contributed by atoms with Gasteiger partial charge in [0.15, 0.2) is 0 Å². The fourth-order valence-electron chi connectivity index (χ4n) is 3.82. The summed E-state index contributed by atoms with van der Waals surface area (Å²) in [6.45, 7) is 6.11. The molecule has 1 N–H and O–H groups in total. The summed E-state index contributed by atoms with van der Waals surface area (Å²) in [5.74, 6) is 2.89. The molecule has 0 bridgehead atoms. The lowest BCUT2D eigenvalue weighted by atomic mass is 9.88. The van der Waals surface area contributed by atoms with Crippen molar-refractivity contribution in [2.75, 3.05) is 6.54 Å². The van der Waals surface area contributed by atoms with Gasteiger partial charge in [-0.05, 0) is 50.0 Å². The van der Waals surface area contributed by atoms with Crippen LogP contribution in [0, 0.1) is 17.8 Å². The SMILES string of the molecule is CCC1CCC(NCC2CCCCC2)C1C. The van der Waals surface area contributed by atoms with E-state index in [1.165, 1.54) is 57.9 Å². The lowest BCUT2D eigenvalue weighted by Crippen LogP contribution is -2.36. The molecule has 0 spiro atoms. The molecule has 0 aromatic rings. The quantitative estimate of drug-likeness (QED) is 0.760. The van der Waals surface area contributed by atoms with Crippen LogP contribution in [-0.4, -0.2) is 12.6 Å². The van der Waals surface area contributed by atoms with Gasteiger partial charge in [-0.2, -0.15) is 0 Å². The van der Waals surface area contributed by atoms with Crippen molar-refractivity contribution in [1.82, 2.24) is 5.32 Å². The molecular formula is C15H29N. The summed E-state index contributed by atoms with van der Waals surface area (Å²) >= 11 is 0. The summed E-state index contributed by atoms with van der Waals surface area (Å²) in [4.78, 5) is 0. The molecule has 16 heavy (non-hydrogen) atoms. The molecule has 1 nitrogen and oxygen atoms in total. The Morgan fingerprint density at radius 2 is 1.75 bits per heavy atom. The number of hydrogen-bond acceptors (Lipinski definition) is 1. The van der Waals surface area contributed by atoms with Gasteiger partial charge in [-0.1, -0.05) is 39.5 Å². The van der Waals surface area contributed by atoms with E-state index in [9.17, 15) is 0 Å². The molecule has 2 fully saturated rings. The minimum atomic E-state index is 0.826. The Morgan fingerprint density at radius 3 is 2.38 bits per heavy atom. The van der Waals surface area contributed by atoms with Gasteiger partial charge in [0.25, 0.3) is 0 Å². The molecule has 0 heterocycles. The second-order valence-electron chi connectivity index (χ2n) is 6.12. The van der Waals surface area contributed by atoms with Crippen LogP contribution in [0.2, 0.25) is 0 Å². The highest BCUT2D eigenvalue weighted by Crippen LogP contribution is 2.34. The highest BCUT2D eigenvalue weighted by molar-refractivity contribution is 4.87. The maximum atomic E-state index is 3.87. The molecule has 3 atom stereocenters. The van der Waals surface area contributed by atoms with Crippen LogP contribution in [0.4, 0.5) is 0 Å². The van der Waals surface area contributed by atoms with Crippen LogP contribution in [0.5, 0.6) is 0 Å². The van der Waals surface area contributed by atoms with Gasteiger partial charge in [-0.3, -0.25) is 0 Å². The lowest BCUT2D eigenvalue weighted by molar-refractivity contribution is 0.294. The Bertz CT molecular complexity index is 196. The van der Waals surface area contributed by atoms with Crippen molar-refractivity contribution in [3.63, 3.8) is 0 Å². The topological polar surface area (TPSA) is 12.0 Å². The normalized spacial score (nSPS) is 36.8. The largest absolute Gasteiger partial charge is 0.313 e. The molecule has 2 rings (SSSR count). The standard InChI is InChI=1S/C15H29N/c1-3-14-9-10-15(12(14)2)16-11-13-7-5-4-6-8-13/h12-16H,3-11H2,1-2H3. The molecule has 3 unspecified atom stereocenters. The molecule has 2 aliphatic rings. The molecule has 0 saturated heterocycles. The second kappa shape index (κ2) is 6.05. The van der Waals surface area contributed by atoms with Crippen molar-refractivity contribution < 1.29 is 0 Å². The number of nitrogens with one attached hydrogen (secondary N) is 1. The first-order valence-corrected chi connectivity index (χ1v) is 7.54. The van der Waals surface area contributed by atoms with E-state index in [0.29, 0.717) is 0 Å². The molecule has 1 heteroatoms. The van der Waals surface area contributed by atoms with Gasteiger partial charge >= 0.3 is 0 Å². The van der Waals surface area contributed by atoms with Crippen LogP contribution in [0.1, 0.15) is 65.2 Å². The van der Waals surface area contributed by atoms with E-state index in [-0.39, 0.29) is 0 Å². The summed E-state index contributed by atoms with van der Waals surface area (Å²) in [5.41, 5.74) is 0. The highest BCUT2D eigenvalue weighted by Gasteiger charge is 2.31. The van der Waals surface area contributed by atoms with Crippen LogP contribution >= 0.6 is 0 Å². The summed E-state index contributed by atoms with van der Waals surface area (Å²) in [6, 6.07) is 0.826. The monoisotopic (exact) mass is 223 g/mol. The Balaban J connectivity index is 1.69. The summed E-state index contributed by atoms with van der Waals surface area (Å²) < 4.78 is 0. The average molecular weight is 223 g/mol. The average Bonchev–Trinajstić information content (AvgIpc) is 2.69. The van der Waals surface area contributed by atoms with E-state index >= 15 is 0 Å². The fraction of sp³-hybridized carbons (Fsp3) is 1.00. The van der Waals surface area contributed by atoms with Crippen LogP contribution in [0.3, 0.4) is 0 Å². The predicted molar refractivity (Wildman–Crippen MR) is 70.5 cm³/mol. The maximum absolute atomic E-state index is 3.87. The Hall–Kier alpha value is -0.0400. The van der Waals surface area contributed by atoms with E-state index in [2.05, 4.69) is 19.2 Å². The van der Waals surface area contributed by atoms with E-state index in [4.69, 9.17) is 0 Å². The van der Waals surface area contributed by atoms with Gasteiger partial charge in [-0.15, -0.1) is 0 Å². The zero-order chi connectivity index (χ0) is 11.4. The maximum Gasteiger partial charge on any atom is 0.00955 e. The zero-order valence-electron chi connectivity index (χ0n) is 11.2. The smallest absolute Gasteiger partial charge is 0.00955 e. The molecule has 2 aliphatic carbocycles. The van der Waals surface area contributed by atoms with Crippen LogP contribution in [-0.2, 0) is 0 Å². The van der Waals surface area contributed by atoms with E-state index in [0.717, 1.165) is 23.8 Å². The summed E-state index contributed by atoms with van der Waals surface area (Å²) in [6.07, 6.45) is 11.6. The Morgan fingerprint density at radius 1 is 1.00 bits per heavy atom. The van der Waals surface area contributed by atoms with Crippen molar-refractivity contribution in [2.24, 2.45) is 17.8 Å². The van der Waals surface area contributed by atoms with Gasteiger partial charge in [0.2, 0.25) is 0 Å². The van der Waals surface area contributed by atoms with Crippen LogP contribution in [0.15, 0.2) is 0 Å². The first kappa shape index (κ1) is 12.4. The summed E-state index contributed by atoms with van der Waals surface area (Å²) in [5, 5.41) is 3.87. The van der Waals surface area contributed by atoms with E-state index < -0.39 is 0 Å². The van der Waals surface area contributed by atoms with Gasteiger partial charge in [0.1, 0.15) is 0 Å². The Kier molecular flexibility index (Phi) is 4.69. The molecule has 0 aromatic heterocycles. The van der Waals surface area contributed by atoms with E-state index in [1.807, 2.05) is 0 Å². The second-order valence-corrected chi connectivity index (χ2v) is 6.12. The number of hydrogen-bond donors (Lipinski definition) is 1. The third kappa shape index (κ3) is 3.00. The molecular weight excluding hydrogens is 194 g/mol. The van der Waals surface area contributed by atoms with Crippen molar-refractivity contribution in [2.45, 2.75) is 71.3 Å². The van der Waals surface area contributed by atoms with Crippen molar-refractivity contribution in [3.8, 4) is 0 Å². The summed E-state index contributed by atoms with van der Waals surface area (Å²) in [7, 11) is 0. The first-order chi connectivity index (χ1) is 7.81. The van der Waals surface area contributed by atoms with Gasteiger partial charge < -0.3 is 5.32 Å². The highest BCUT2D eigenvalue weighted by atomic mass is 14.9. The minimum absolute atomic E-state index is 0.826. The molecule has 94 valence electrons. The van der Waals surface area contributed by atoms with Crippen molar-refractivity contribution in [1.29, 1.82) is 0 Å². The molecule has 0 aliphatic heterocycles. The minimum Gasteiger partial charge on any atom is -0.313 e. The fourth-order valence-corrected chi connectivity index (χ4v) is 3.82. The van der Waals surface area contributed by atoms with Crippen LogP contribution in [0.25, 0.3) is 0 Å². The van der Waals surface area contributed by atoms with Gasteiger partial charge in [-0.25, -0.2) is 0 Å². The third-order valence-corrected chi connectivity index (χ3v) is 5.14. The predicted octanol–water partition coefficient (Wildman–Crippen LogP) is 3.98. The molecule has 0 radical (unpaired) electrons. The zero-order valence-corrected chi connectivity index (χ0v) is 11.2. The van der Waals surface area contributed by atoms with Crippen molar-refractivity contribution >= 4 is 0 Å². The number of rotatable bonds is 4. The van der Waals surface area contributed by atoms with Crippen LogP contribution < -0.4 is 5.32 Å². The van der Waals surface area contributed by atoms with Gasteiger partial charge in [0.05, 0.1) is 0 Å². The Labute approximate surface area is 101 Å². The molecule has 0 aromatic carbocycles. The van der Waals surface area contributed by atoms with Gasteiger partial charge in [0, 0.05) is 6.04 Å². The third-order valence-electron chi connectivity index (χ3n) is 5.14. The lowest BCUT2D eigenvalue weighted by Gasteiger charge is -2.26.